The quantitative estimate of drug-likeness (QED) is 0.834. The van der Waals surface area contributed by atoms with Gasteiger partial charge >= 0.3 is 0 Å². The van der Waals surface area contributed by atoms with Crippen LogP contribution in [0.4, 0.5) is 0 Å². The van der Waals surface area contributed by atoms with Gasteiger partial charge in [0.1, 0.15) is 6.61 Å². The highest BCUT2D eigenvalue weighted by molar-refractivity contribution is 6.30. The van der Waals surface area contributed by atoms with Gasteiger partial charge in [0.05, 0.1) is 7.11 Å². The van der Waals surface area contributed by atoms with Crippen molar-refractivity contribution in [1.29, 1.82) is 0 Å². The molecular weight excluding hydrogens is 250 g/mol. The second kappa shape index (κ2) is 7.15. The summed E-state index contributed by atoms with van der Waals surface area (Å²) in [5, 5.41) is 0.608. The lowest BCUT2D eigenvalue weighted by molar-refractivity contribution is 0.327. The molecule has 2 N–H and O–H groups in total. The lowest BCUT2D eigenvalue weighted by Crippen LogP contribution is -2.18. The number of ether oxygens (including phenoxy) is 2. The molecule has 0 aliphatic heterocycles. The first-order valence-electron chi connectivity index (χ1n) is 5.72. The Morgan fingerprint density at radius 2 is 2.17 bits per heavy atom. The predicted molar refractivity (Wildman–Crippen MR) is 74.3 cm³/mol. The summed E-state index contributed by atoms with van der Waals surface area (Å²) in [7, 11) is 1.58. The molecule has 1 aromatic rings. The van der Waals surface area contributed by atoms with Crippen LogP contribution in [0.15, 0.2) is 12.1 Å². The van der Waals surface area contributed by atoms with Crippen molar-refractivity contribution in [3.63, 3.8) is 0 Å². The molecule has 18 heavy (non-hydrogen) atoms. The zero-order valence-electron chi connectivity index (χ0n) is 10.9. The lowest BCUT2D eigenvalue weighted by Gasteiger charge is -2.15. The van der Waals surface area contributed by atoms with Gasteiger partial charge in [0.2, 0.25) is 0 Å². The Hall–Kier alpha value is -1.37. The monoisotopic (exact) mass is 267 g/mol. The third-order valence-corrected chi connectivity index (χ3v) is 2.54. The number of rotatable bonds is 5. The zero-order valence-corrected chi connectivity index (χ0v) is 11.7. The van der Waals surface area contributed by atoms with E-state index in [1.54, 1.807) is 20.1 Å². The van der Waals surface area contributed by atoms with Gasteiger partial charge in [0, 0.05) is 22.7 Å². The van der Waals surface area contributed by atoms with Gasteiger partial charge < -0.3 is 15.2 Å². The lowest BCUT2D eigenvalue weighted by atomic mass is 10.1. The Kier molecular flexibility index (Phi) is 5.84. The fraction of sp³-hybridized carbons (Fsp3) is 0.429. The van der Waals surface area contributed by atoms with Crippen molar-refractivity contribution in [2.45, 2.75) is 26.3 Å². The summed E-state index contributed by atoms with van der Waals surface area (Å²) < 4.78 is 10.9. The van der Waals surface area contributed by atoms with Crippen LogP contribution < -0.4 is 15.2 Å². The largest absolute Gasteiger partial charge is 0.493 e. The van der Waals surface area contributed by atoms with E-state index in [4.69, 9.17) is 26.8 Å². The molecule has 98 valence electrons. The number of halogens is 1. The van der Waals surface area contributed by atoms with Gasteiger partial charge in [-0.05, 0) is 26.3 Å². The molecule has 1 aromatic carbocycles. The van der Waals surface area contributed by atoms with Gasteiger partial charge in [0.15, 0.2) is 11.5 Å². The molecule has 0 aliphatic rings. The standard InChI is InChI=1S/C14H18ClNO2/c1-4-5-6-18-14-11(7-10(2)16)8-12(15)9-13(14)17-3/h8-10H,6-7,16H2,1-3H3. The van der Waals surface area contributed by atoms with E-state index in [1.165, 1.54) is 0 Å². The highest BCUT2D eigenvalue weighted by Gasteiger charge is 2.13. The van der Waals surface area contributed by atoms with Crippen LogP contribution in [-0.4, -0.2) is 19.8 Å². The molecule has 0 saturated heterocycles. The van der Waals surface area contributed by atoms with Crippen LogP contribution >= 0.6 is 11.6 Å². The Morgan fingerprint density at radius 1 is 1.44 bits per heavy atom. The summed E-state index contributed by atoms with van der Waals surface area (Å²) in [4.78, 5) is 0. The Balaban J connectivity index is 3.09. The third kappa shape index (κ3) is 4.14. The minimum absolute atomic E-state index is 0.0211. The molecule has 0 saturated carbocycles. The predicted octanol–water partition coefficient (Wildman–Crippen LogP) is 2.64. The maximum atomic E-state index is 6.04. The van der Waals surface area contributed by atoms with Crippen LogP contribution in [0.2, 0.25) is 5.02 Å². The molecule has 0 bridgehead atoms. The fourth-order valence-corrected chi connectivity index (χ4v) is 1.85. The van der Waals surface area contributed by atoms with E-state index in [9.17, 15) is 0 Å². The van der Waals surface area contributed by atoms with E-state index in [2.05, 4.69) is 11.8 Å². The van der Waals surface area contributed by atoms with Crippen LogP contribution in [0.3, 0.4) is 0 Å². The van der Waals surface area contributed by atoms with Crippen molar-refractivity contribution in [2.24, 2.45) is 5.73 Å². The second-order valence-corrected chi connectivity index (χ2v) is 4.43. The van der Waals surface area contributed by atoms with E-state index in [-0.39, 0.29) is 6.04 Å². The van der Waals surface area contributed by atoms with E-state index >= 15 is 0 Å². The fourth-order valence-electron chi connectivity index (χ4n) is 1.62. The van der Waals surface area contributed by atoms with Gasteiger partial charge in [-0.15, -0.1) is 5.92 Å². The molecule has 0 spiro atoms. The molecule has 0 aromatic heterocycles. The van der Waals surface area contributed by atoms with Gasteiger partial charge in [-0.1, -0.05) is 17.5 Å². The van der Waals surface area contributed by atoms with E-state index in [0.29, 0.717) is 29.5 Å². The van der Waals surface area contributed by atoms with Crippen molar-refractivity contribution < 1.29 is 9.47 Å². The highest BCUT2D eigenvalue weighted by Crippen LogP contribution is 2.35. The number of nitrogens with two attached hydrogens (primary N) is 1. The van der Waals surface area contributed by atoms with Crippen molar-refractivity contribution in [2.75, 3.05) is 13.7 Å². The third-order valence-electron chi connectivity index (χ3n) is 2.32. The molecule has 0 amide bonds. The van der Waals surface area contributed by atoms with Gasteiger partial charge in [0.25, 0.3) is 0 Å². The van der Waals surface area contributed by atoms with Crippen molar-refractivity contribution in [1.82, 2.24) is 0 Å². The second-order valence-electron chi connectivity index (χ2n) is 3.99. The molecule has 0 aliphatic carbocycles. The SMILES string of the molecule is CC#CCOc1c(CC(C)N)cc(Cl)cc1OC. The van der Waals surface area contributed by atoms with Crippen LogP contribution in [0, 0.1) is 11.8 Å². The smallest absolute Gasteiger partial charge is 0.165 e. The van der Waals surface area contributed by atoms with Crippen molar-refractivity contribution >= 4 is 11.6 Å². The van der Waals surface area contributed by atoms with Crippen LogP contribution in [0.25, 0.3) is 0 Å². The average molecular weight is 268 g/mol. The highest BCUT2D eigenvalue weighted by atomic mass is 35.5. The van der Waals surface area contributed by atoms with Crippen molar-refractivity contribution in [3.05, 3.63) is 22.7 Å². The molecule has 1 atom stereocenters. The van der Waals surface area contributed by atoms with Crippen LogP contribution in [0.1, 0.15) is 19.4 Å². The molecule has 1 unspecified atom stereocenters. The number of hydrogen-bond acceptors (Lipinski definition) is 3. The van der Waals surface area contributed by atoms with Gasteiger partial charge in [-0.3, -0.25) is 0 Å². The maximum absolute atomic E-state index is 6.04. The number of methoxy groups -OCH3 is 1. The first kappa shape index (κ1) is 14.7. The normalized spacial score (nSPS) is 11.4. The first-order valence-corrected chi connectivity index (χ1v) is 6.10. The average Bonchev–Trinajstić information content (AvgIpc) is 2.30. The maximum Gasteiger partial charge on any atom is 0.165 e. The molecule has 0 heterocycles. The topological polar surface area (TPSA) is 44.5 Å². The zero-order chi connectivity index (χ0) is 13.5. The molecule has 3 nitrogen and oxygen atoms in total. The summed E-state index contributed by atoms with van der Waals surface area (Å²) in [6.45, 7) is 4.02. The first-order chi connectivity index (χ1) is 8.58. The molecule has 0 radical (unpaired) electrons. The minimum atomic E-state index is 0.0211. The van der Waals surface area contributed by atoms with Crippen LogP contribution in [-0.2, 0) is 6.42 Å². The number of hydrogen-bond donors (Lipinski definition) is 1. The van der Waals surface area contributed by atoms with Gasteiger partial charge in [-0.25, -0.2) is 0 Å². The number of benzene rings is 1. The summed E-state index contributed by atoms with van der Waals surface area (Å²) in [5.41, 5.74) is 6.76. The van der Waals surface area contributed by atoms with E-state index in [1.807, 2.05) is 13.0 Å². The summed E-state index contributed by atoms with van der Waals surface area (Å²) in [6.07, 6.45) is 0.672. The molecule has 4 heteroatoms. The minimum Gasteiger partial charge on any atom is -0.493 e. The summed E-state index contributed by atoms with van der Waals surface area (Å²) >= 11 is 6.04. The summed E-state index contributed by atoms with van der Waals surface area (Å²) in [6, 6.07) is 3.59. The molecular formula is C14H18ClNO2. The van der Waals surface area contributed by atoms with Crippen LogP contribution in [0.5, 0.6) is 11.5 Å². The van der Waals surface area contributed by atoms with Gasteiger partial charge in [-0.2, -0.15) is 0 Å². The van der Waals surface area contributed by atoms with Crippen molar-refractivity contribution in [3.8, 4) is 23.3 Å². The Morgan fingerprint density at radius 3 is 2.72 bits per heavy atom. The Labute approximate surface area is 113 Å². The van der Waals surface area contributed by atoms with E-state index < -0.39 is 0 Å². The molecule has 0 fully saturated rings. The Bertz CT molecular complexity index is 461. The summed E-state index contributed by atoms with van der Waals surface area (Å²) in [5.74, 6) is 6.91. The molecule has 1 rings (SSSR count). The van der Waals surface area contributed by atoms with E-state index in [0.717, 1.165) is 5.56 Å².